The summed E-state index contributed by atoms with van der Waals surface area (Å²) in [5, 5.41) is 12.4. The predicted molar refractivity (Wildman–Crippen MR) is 96.8 cm³/mol. The number of carbonyl (C=O) groups excluding carboxylic acids is 1. The molecule has 0 spiro atoms. The van der Waals surface area contributed by atoms with Crippen molar-refractivity contribution in [2.75, 3.05) is 6.54 Å². The summed E-state index contributed by atoms with van der Waals surface area (Å²) in [5.41, 5.74) is 7.02. The minimum atomic E-state index is -0.510. The van der Waals surface area contributed by atoms with Crippen LogP contribution in [0.4, 0.5) is 0 Å². The molecule has 1 aliphatic carbocycles. The first-order valence-corrected chi connectivity index (χ1v) is 7.65. The summed E-state index contributed by atoms with van der Waals surface area (Å²) in [6, 6.07) is 1.50. The number of hydrogen-bond donors (Lipinski definition) is 3. The van der Waals surface area contributed by atoms with E-state index in [0.717, 1.165) is 5.69 Å². The van der Waals surface area contributed by atoms with E-state index in [9.17, 15) is 14.7 Å². The van der Waals surface area contributed by atoms with Gasteiger partial charge in [0.1, 0.15) is 0 Å². The Hall–Kier alpha value is -1.15. The van der Waals surface area contributed by atoms with Gasteiger partial charge in [0.2, 0.25) is 5.91 Å². The maximum absolute atomic E-state index is 12.1. The molecular weight excluding hydrogens is 355 g/mol. The molecule has 1 aromatic heterocycles. The Morgan fingerprint density at radius 3 is 2.67 bits per heavy atom. The van der Waals surface area contributed by atoms with Gasteiger partial charge in [-0.15, -0.1) is 24.8 Å². The summed E-state index contributed by atoms with van der Waals surface area (Å²) in [5.74, 6) is -0.222. The molecule has 0 aromatic carbocycles. The van der Waals surface area contributed by atoms with Gasteiger partial charge in [-0.2, -0.15) is 4.98 Å². The highest BCUT2D eigenvalue weighted by Gasteiger charge is 2.30. The highest BCUT2D eigenvalue weighted by Crippen LogP contribution is 2.23. The average Bonchev–Trinajstić information content (AvgIpc) is 2.44. The maximum Gasteiger partial charge on any atom is 0.348 e. The molecule has 4 N–H and O–H groups in total. The van der Waals surface area contributed by atoms with Gasteiger partial charge >= 0.3 is 5.69 Å². The Balaban J connectivity index is 0.00000264. The first-order valence-electron chi connectivity index (χ1n) is 7.65. The highest BCUT2D eigenvalue weighted by molar-refractivity contribution is 5.85. The van der Waals surface area contributed by atoms with Crippen LogP contribution < -0.4 is 16.7 Å². The standard InChI is InChI=1S/C15H24N4O3.2ClH/c1-9-7-10(2)19(15(22)18-9)6-5-17-14(21)11-3-4-13(20)12(16)8-11;;/h7,11-13,20H,3-6,8,16H2,1-2H3,(H,17,21);2*1H/t11-,12+,13+;;/m0../s1. The van der Waals surface area contributed by atoms with Crippen molar-refractivity contribution < 1.29 is 9.90 Å². The first kappa shape index (κ1) is 22.9. The molecule has 0 radical (unpaired) electrons. The van der Waals surface area contributed by atoms with Crippen molar-refractivity contribution in [2.45, 2.75) is 51.8 Å². The van der Waals surface area contributed by atoms with Crippen molar-refractivity contribution >= 4 is 30.7 Å². The van der Waals surface area contributed by atoms with Gasteiger partial charge in [-0.25, -0.2) is 4.79 Å². The molecule has 0 aliphatic heterocycles. The quantitative estimate of drug-likeness (QED) is 0.695. The van der Waals surface area contributed by atoms with E-state index in [0.29, 0.717) is 38.0 Å². The summed E-state index contributed by atoms with van der Waals surface area (Å²) < 4.78 is 1.55. The second-order valence-electron chi connectivity index (χ2n) is 6.01. The van der Waals surface area contributed by atoms with E-state index in [1.165, 1.54) is 0 Å². The van der Waals surface area contributed by atoms with Crippen LogP contribution in [0.1, 0.15) is 30.7 Å². The van der Waals surface area contributed by atoms with E-state index in [4.69, 9.17) is 5.73 Å². The third-order valence-corrected chi connectivity index (χ3v) is 4.21. The van der Waals surface area contributed by atoms with Crippen LogP contribution in [-0.2, 0) is 11.3 Å². The fraction of sp³-hybridized carbons (Fsp3) is 0.667. The first-order chi connectivity index (χ1) is 10.4. The van der Waals surface area contributed by atoms with Crippen LogP contribution in [0.15, 0.2) is 10.9 Å². The van der Waals surface area contributed by atoms with Crippen molar-refractivity contribution in [1.29, 1.82) is 0 Å². The molecule has 1 saturated carbocycles. The molecule has 2 rings (SSSR count). The van der Waals surface area contributed by atoms with E-state index in [-0.39, 0.29) is 48.4 Å². The van der Waals surface area contributed by atoms with Crippen molar-refractivity contribution in [2.24, 2.45) is 11.7 Å². The number of nitrogens with zero attached hydrogens (tertiary/aromatic N) is 2. The summed E-state index contributed by atoms with van der Waals surface area (Å²) in [6.07, 6.45) is 1.19. The fourth-order valence-electron chi connectivity index (χ4n) is 2.91. The molecule has 7 nitrogen and oxygen atoms in total. The van der Waals surface area contributed by atoms with Gasteiger partial charge in [0.25, 0.3) is 0 Å². The number of halogens is 2. The van der Waals surface area contributed by atoms with E-state index in [1.807, 2.05) is 13.0 Å². The zero-order valence-corrected chi connectivity index (χ0v) is 15.5. The second-order valence-corrected chi connectivity index (χ2v) is 6.01. The van der Waals surface area contributed by atoms with Crippen LogP contribution in [0.2, 0.25) is 0 Å². The lowest BCUT2D eigenvalue weighted by molar-refractivity contribution is -0.126. The number of amides is 1. The van der Waals surface area contributed by atoms with Gasteiger partial charge in [-0.1, -0.05) is 0 Å². The number of rotatable bonds is 4. The van der Waals surface area contributed by atoms with Crippen molar-refractivity contribution in [3.8, 4) is 0 Å². The minimum Gasteiger partial charge on any atom is -0.392 e. The largest absolute Gasteiger partial charge is 0.392 e. The van der Waals surface area contributed by atoms with Gasteiger partial charge < -0.3 is 16.2 Å². The molecule has 1 fully saturated rings. The third-order valence-electron chi connectivity index (χ3n) is 4.21. The van der Waals surface area contributed by atoms with Crippen molar-refractivity contribution in [1.82, 2.24) is 14.9 Å². The number of aliphatic hydroxyl groups is 1. The number of carbonyl (C=O) groups is 1. The third kappa shape index (κ3) is 5.73. The molecule has 9 heteroatoms. The number of aliphatic hydroxyl groups excluding tert-OH is 1. The minimum absolute atomic E-state index is 0. The van der Waals surface area contributed by atoms with Gasteiger partial charge in [0, 0.05) is 36.4 Å². The van der Waals surface area contributed by atoms with Crippen molar-refractivity contribution in [3.05, 3.63) is 27.9 Å². The molecule has 1 heterocycles. The van der Waals surface area contributed by atoms with Crippen LogP contribution >= 0.6 is 24.8 Å². The second kappa shape index (κ2) is 9.98. The highest BCUT2D eigenvalue weighted by atomic mass is 35.5. The summed E-state index contributed by atoms with van der Waals surface area (Å²) >= 11 is 0. The molecular formula is C15H26Cl2N4O3. The molecule has 0 bridgehead atoms. The van der Waals surface area contributed by atoms with Gasteiger partial charge in [0.15, 0.2) is 0 Å². The van der Waals surface area contributed by atoms with Crippen molar-refractivity contribution in [3.63, 3.8) is 0 Å². The normalized spacial score (nSPS) is 22.9. The number of nitrogens with one attached hydrogen (secondary N) is 1. The molecule has 1 aromatic rings. The average molecular weight is 381 g/mol. The Labute approximate surface area is 153 Å². The van der Waals surface area contributed by atoms with Crippen LogP contribution in [0.25, 0.3) is 0 Å². The van der Waals surface area contributed by atoms with Crippen LogP contribution in [0.3, 0.4) is 0 Å². The van der Waals surface area contributed by atoms with E-state index in [1.54, 1.807) is 11.5 Å². The molecule has 24 heavy (non-hydrogen) atoms. The monoisotopic (exact) mass is 380 g/mol. The lowest BCUT2D eigenvalue weighted by Gasteiger charge is -2.30. The zero-order valence-electron chi connectivity index (χ0n) is 13.9. The van der Waals surface area contributed by atoms with E-state index in [2.05, 4.69) is 10.3 Å². The molecule has 3 atom stereocenters. The Kier molecular flexibility index (Phi) is 9.50. The summed E-state index contributed by atoms with van der Waals surface area (Å²) in [6.45, 7) is 4.39. The van der Waals surface area contributed by atoms with E-state index < -0.39 is 6.10 Å². The lowest BCUT2D eigenvalue weighted by Crippen LogP contribution is -2.45. The van der Waals surface area contributed by atoms with Gasteiger partial charge in [-0.3, -0.25) is 9.36 Å². The summed E-state index contributed by atoms with van der Waals surface area (Å²) in [4.78, 5) is 27.8. The Morgan fingerprint density at radius 2 is 2.08 bits per heavy atom. The molecule has 0 unspecified atom stereocenters. The number of nitrogens with two attached hydrogens (primary N) is 1. The molecule has 1 aliphatic rings. The lowest BCUT2D eigenvalue weighted by atomic mass is 9.84. The molecule has 0 saturated heterocycles. The van der Waals surface area contributed by atoms with Crippen LogP contribution in [-0.4, -0.2) is 39.3 Å². The number of aromatic nitrogens is 2. The smallest absolute Gasteiger partial charge is 0.348 e. The SMILES string of the molecule is Cc1cc(C)n(CCNC(=O)[C@H]2CC[C@@H](O)[C@H](N)C2)c(=O)n1.Cl.Cl. The molecule has 138 valence electrons. The van der Waals surface area contributed by atoms with Crippen LogP contribution in [0.5, 0.6) is 0 Å². The zero-order chi connectivity index (χ0) is 16.3. The Bertz CT molecular complexity index is 609. The Morgan fingerprint density at radius 1 is 1.42 bits per heavy atom. The van der Waals surface area contributed by atoms with Gasteiger partial charge in [0.05, 0.1) is 6.10 Å². The maximum atomic E-state index is 12.1. The number of hydrogen-bond acceptors (Lipinski definition) is 5. The predicted octanol–water partition coefficient (Wildman–Crippen LogP) is 0.308. The number of aryl methyl sites for hydroxylation is 2. The van der Waals surface area contributed by atoms with E-state index >= 15 is 0 Å². The van der Waals surface area contributed by atoms with Gasteiger partial charge in [-0.05, 0) is 39.2 Å². The molecule has 1 amide bonds. The fourth-order valence-corrected chi connectivity index (χ4v) is 2.91. The summed E-state index contributed by atoms with van der Waals surface area (Å²) in [7, 11) is 0. The topological polar surface area (TPSA) is 110 Å². The van der Waals surface area contributed by atoms with Crippen LogP contribution in [0, 0.1) is 19.8 Å².